The van der Waals surface area contributed by atoms with Crippen LogP contribution >= 0.6 is 22.9 Å². The van der Waals surface area contributed by atoms with Crippen molar-refractivity contribution in [3.63, 3.8) is 0 Å². The molecule has 0 saturated heterocycles. The largest absolute Gasteiger partial charge is 0.431 e. The zero-order valence-corrected chi connectivity index (χ0v) is 13.7. The predicted molar refractivity (Wildman–Crippen MR) is 90.4 cm³/mol. The molecular formula is C16H14ClN3O2S. The van der Waals surface area contributed by atoms with Gasteiger partial charge in [0.15, 0.2) is 0 Å². The first-order chi connectivity index (χ1) is 11.3. The van der Waals surface area contributed by atoms with Crippen LogP contribution in [0.2, 0.25) is 5.02 Å². The summed E-state index contributed by atoms with van der Waals surface area (Å²) in [6.45, 7) is 0.980. The molecule has 1 fully saturated rings. The highest BCUT2D eigenvalue weighted by Gasteiger charge is 2.21. The van der Waals surface area contributed by atoms with Crippen LogP contribution in [0.1, 0.15) is 12.8 Å². The van der Waals surface area contributed by atoms with Crippen molar-refractivity contribution in [2.75, 3.05) is 11.9 Å². The van der Waals surface area contributed by atoms with Crippen LogP contribution in [0.5, 0.6) is 10.9 Å². The molecule has 0 unspecified atom stereocenters. The van der Waals surface area contributed by atoms with Crippen molar-refractivity contribution in [3.8, 4) is 21.5 Å². The van der Waals surface area contributed by atoms with Crippen LogP contribution in [0.4, 0.5) is 5.69 Å². The second-order valence-electron chi connectivity index (χ2n) is 5.44. The van der Waals surface area contributed by atoms with Gasteiger partial charge in [-0.2, -0.15) is 0 Å². The quantitative estimate of drug-likeness (QED) is 0.674. The summed E-state index contributed by atoms with van der Waals surface area (Å²) >= 11 is 7.71. The van der Waals surface area contributed by atoms with Gasteiger partial charge in [-0.25, -0.2) is 4.98 Å². The second kappa shape index (κ2) is 6.22. The molecule has 0 aliphatic heterocycles. The minimum Gasteiger partial charge on any atom is -0.431 e. The predicted octanol–water partition coefficient (Wildman–Crippen LogP) is 5.07. The average molecular weight is 348 g/mol. The Kier molecular flexibility index (Phi) is 3.93. The van der Waals surface area contributed by atoms with Crippen molar-refractivity contribution < 1.29 is 9.26 Å². The maximum absolute atomic E-state index is 6.30. The van der Waals surface area contributed by atoms with E-state index in [2.05, 4.69) is 15.5 Å². The molecule has 2 aromatic heterocycles. The summed E-state index contributed by atoms with van der Waals surface area (Å²) in [6.07, 6.45) is 5.86. The Morgan fingerprint density at radius 1 is 1.35 bits per heavy atom. The molecule has 1 aliphatic carbocycles. The van der Waals surface area contributed by atoms with Crippen LogP contribution in [0.3, 0.4) is 0 Å². The number of thiazole rings is 1. The molecule has 5 nitrogen and oxygen atoms in total. The number of rotatable bonds is 6. The highest BCUT2D eigenvalue weighted by molar-refractivity contribution is 7.16. The van der Waals surface area contributed by atoms with E-state index in [1.807, 2.05) is 12.1 Å². The fourth-order valence-electron chi connectivity index (χ4n) is 2.14. The third kappa shape index (κ3) is 3.48. The number of ether oxygens (including phenoxy) is 1. The van der Waals surface area contributed by atoms with E-state index in [1.54, 1.807) is 18.3 Å². The van der Waals surface area contributed by atoms with Crippen molar-refractivity contribution in [2.24, 2.45) is 5.92 Å². The molecule has 0 amide bonds. The Morgan fingerprint density at radius 2 is 2.26 bits per heavy atom. The van der Waals surface area contributed by atoms with Crippen molar-refractivity contribution >= 4 is 28.6 Å². The smallest absolute Gasteiger partial charge is 0.279 e. The molecule has 1 aliphatic rings. The maximum Gasteiger partial charge on any atom is 0.279 e. The SMILES string of the molecule is Clc1cc(Oc2ncc(-c3ccon3)s2)ccc1NCC1CC1. The third-order valence-corrected chi connectivity index (χ3v) is 4.81. The number of benzene rings is 1. The van der Waals surface area contributed by atoms with Gasteiger partial charge in [0, 0.05) is 18.7 Å². The highest BCUT2D eigenvalue weighted by atomic mass is 35.5. The van der Waals surface area contributed by atoms with E-state index in [1.165, 1.54) is 30.4 Å². The van der Waals surface area contributed by atoms with Gasteiger partial charge in [0.1, 0.15) is 17.7 Å². The number of hydrogen-bond donors (Lipinski definition) is 1. The van der Waals surface area contributed by atoms with Crippen molar-refractivity contribution in [1.82, 2.24) is 10.1 Å². The van der Waals surface area contributed by atoms with Gasteiger partial charge in [-0.1, -0.05) is 28.1 Å². The summed E-state index contributed by atoms with van der Waals surface area (Å²) in [6, 6.07) is 7.41. The van der Waals surface area contributed by atoms with Crippen LogP contribution in [0.25, 0.3) is 10.6 Å². The number of aromatic nitrogens is 2. The van der Waals surface area contributed by atoms with Gasteiger partial charge in [0.05, 0.1) is 21.8 Å². The van der Waals surface area contributed by atoms with E-state index < -0.39 is 0 Å². The van der Waals surface area contributed by atoms with Crippen LogP contribution in [-0.4, -0.2) is 16.7 Å². The lowest BCUT2D eigenvalue weighted by Gasteiger charge is -2.09. The lowest BCUT2D eigenvalue weighted by molar-refractivity contribution is 0.422. The number of nitrogens with one attached hydrogen (secondary N) is 1. The number of hydrogen-bond acceptors (Lipinski definition) is 6. The molecule has 1 N–H and O–H groups in total. The van der Waals surface area contributed by atoms with Crippen LogP contribution in [0, 0.1) is 5.92 Å². The molecule has 7 heteroatoms. The van der Waals surface area contributed by atoms with Gasteiger partial charge in [0.2, 0.25) is 0 Å². The lowest BCUT2D eigenvalue weighted by atomic mass is 10.3. The molecule has 3 aromatic rings. The van der Waals surface area contributed by atoms with E-state index in [0.29, 0.717) is 16.0 Å². The Hall–Kier alpha value is -2.05. The van der Waals surface area contributed by atoms with Crippen molar-refractivity contribution in [1.29, 1.82) is 0 Å². The minimum absolute atomic E-state index is 0.540. The van der Waals surface area contributed by atoms with Gasteiger partial charge in [-0.15, -0.1) is 0 Å². The normalized spacial score (nSPS) is 14.0. The van der Waals surface area contributed by atoms with E-state index >= 15 is 0 Å². The molecule has 0 spiro atoms. The fourth-order valence-corrected chi connectivity index (χ4v) is 3.13. The van der Waals surface area contributed by atoms with Gasteiger partial charge in [-0.3, -0.25) is 0 Å². The molecule has 0 radical (unpaired) electrons. The third-order valence-electron chi connectivity index (χ3n) is 3.60. The number of anilines is 1. The standard InChI is InChI=1S/C16H14ClN3O2S/c17-12-7-11(3-4-13(12)18-8-10-1-2-10)22-16-19-9-15(23-16)14-5-6-21-20-14/h3-7,9-10,18H,1-2,8H2. The van der Waals surface area contributed by atoms with Gasteiger partial charge in [-0.05, 0) is 30.9 Å². The number of halogens is 1. The van der Waals surface area contributed by atoms with Gasteiger partial charge >= 0.3 is 0 Å². The average Bonchev–Trinajstić information content (AvgIpc) is 3.01. The van der Waals surface area contributed by atoms with Crippen LogP contribution < -0.4 is 10.1 Å². The minimum atomic E-state index is 0.540. The molecule has 0 bridgehead atoms. The number of nitrogens with zero attached hydrogens (tertiary/aromatic N) is 2. The van der Waals surface area contributed by atoms with Crippen LogP contribution in [-0.2, 0) is 0 Å². The zero-order chi connectivity index (χ0) is 15.6. The van der Waals surface area contributed by atoms with E-state index in [0.717, 1.165) is 28.7 Å². The maximum atomic E-state index is 6.30. The van der Waals surface area contributed by atoms with E-state index in [-0.39, 0.29) is 0 Å². The van der Waals surface area contributed by atoms with Gasteiger partial charge < -0.3 is 14.6 Å². The Labute approximate surface area is 142 Å². The lowest BCUT2D eigenvalue weighted by Crippen LogP contribution is -2.03. The molecule has 2 heterocycles. The van der Waals surface area contributed by atoms with Gasteiger partial charge in [0.25, 0.3) is 5.19 Å². The van der Waals surface area contributed by atoms with Crippen molar-refractivity contribution in [3.05, 3.63) is 41.7 Å². The van der Waals surface area contributed by atoms with E-state index in [4.69, 9.17) is 20.9 Å². The Balaban J connectivity index is 1.45. The summed E-state index contributed by atoms with van der Waals surface area (Å²) in [5, 5.41) is 8.44. The highest BCUT2D eigenvalue weighted by Crippen LogP contribution is 2.35. The molecule has 118 valence electrons. The zero-order valence-electron chi connectivity index (χ0n) is 12.2. The molecule has 0 atom stereocenters. The molecular weight excluding hydrogens is 334 g/mol. The Morgan fingerprint density at radius 3 is 3.00 bits per heavy atom. The van der Waals surface area contributed by atoms with Crippen molar-refractivity contribution in [2.45, 2.75) is 12.8 Å². The monoisotopic (exact) mass is 347 g/mol. The fraction of sp³-hybridized carbons (Fsp3) is 0.250. The summed E-state index contributed by atoms with van der Waals surface area (Å²) in [5.41, 5.74) is 1.68. The topological polar surface area (TPSA) is 60.2 Å². The molecule has 23 heavy (non-hydrogen) atoms. The van der Waals surface area contributed by atoms with Crippen LogP contribution in [0.15, 0.2) is 41.2 Å². The molecule has 1 aromatic carbocycles. The summed E-state index contributed by atoms with van der Waals surface area (Å²) in [5.74, 6) is 1.46. The first kappa shape index (κ1) is 14.5. The first-order valence-corrected chi connectivity index (χ1v) is 8.55. The summed E-state index contributed by atoms with van der Waals surface area (Å²) < 4.78 is 10.6. The van der Waals surface area contributed by atoms with E-state index in [9.17, 15) is 0 Å². The summed E-state index contributed by atoms with van der Waals surface area (Å²) in [4.78, 5) is 5.13. The molecule has 4 rings (SSSR count). The molecule has 1 saturated carbocycles. The summed E-state index contributed by atoms with van der Waals surface area (Å²) in [7, 11) is 0. The Bertz CT molecular complexity index is 800. The first-order valence-electron chi connectivity index (χ1n) is 7.36. The second-order valence-corrected chi connectivity index (χ2v) is 6.84.